The van der Waals surface area contributed by atoms with Crippen LogP contribution in [0.4, 0.5) is 0 Å². The second kappa shape index (κ2) is 23.2. The van der Waals surface area contributed by atoms with Crippen molar-refractivity contribution in [2.24, 2.45) is 0 Å². The molecule has 0 fully saturated rings. The highest BCUT2D eigenvalue weighted by atomic mass is 32.2. The van der Waals surface area contributed by atoms with Crippen LogP contribution in [0.15, 0.2) is 25.0 Å². The Hall–Kier alpha value is -0.810. The SMILES string of the molecule is C=C/C=C/O.CC.CC.CNS(C)(=O)=O. The Morgan fingerprint density at radius 3 is 1.47 bits per heavy atom. The van der Waals surface area contributed by atoms with Crippen molar-refractivity contribution >= 4 is 10.0 Å². The van der Waals surface area contributed by atoms with E-state index < -0.39 is 10.0 Å². The fraction of sp³-hybridized carbons (Fsp3) is 0.600. The molecule has 4 nitrogen and oxygen atoms in total. The molecule has 0 radical (unpaired) electrons. The lowest BCUT2D eigenvalue weighted by atomic mass is 10.6. The Labute approximate surface area is 94.8 Å². The topological polar surface area (TPSA) is 66.4 Å². The second-order valence-corrected chi connectivity index (χ2v) is 3.51. The quantitative estimate of drug-likeness (QED) is 0.574. The number of aliphatic hydroxyl groups excluding tert-OH is 1. The minimum atomic E-state index is -2.91. The molecule has 15 heavy (non-hydrogen) atoms. The highest BCUT2D eigenvalue weighted by molar-refractivity contribution is 7.88. The van der Waals surface area contributed by atoms with E-state index in [1.165, 1.54) is 19.2 Å². The van der Waals surface area contributed by atoms with Gasteiger partial charge < -0.3 is 5.11 Å². The first kappa shape index (κ1) is 23.8. The third-order valence-corrected chi connectivity index (χ3v) is 1.33. The van der Waals surface area contributed by atoms with Crippen molar-refractivity contribution in [2.45, 2.75) is 27.7 Å². The molecule has 0 aliphatic heterocycles. The van der Waals surface area contributed by atoms with Crippen LogP contribution >= 0.6 is 0 Å². The second-order valence-electron chi connectivity index (χ2n) is 1.55. The number of hydrogen-bond donors (Lipinski definition) is 2. The maximum atomic E-state index is 9.89. The van der Waals surface area contributed by atoms with Gasteiger partial charge >= 0.3 is 0 Å². The summed E-state index contributed by atoms with van der Waals surface area (Å²) >= 11 is 0. The molecule has 0 atom stereocenters. The van der Waals surface area contributed by atoms with Crippen molar-refractivity contribution in [1.82, 2.24) is 4.72 Å². The Balaban J connectivity index is -0.0000000610. The molecule has 0 aromatic heterocycles. The van der Waals surface area contributed by atoms with E-state index in [-0.39, 0.29) is 0 Å². The van der Waals surface area contributed by atoms with E-state index >= 15 is 0 Å². The maximum absolute atomic E-state index is 9.89. The van der Waals surface area contributed by atoms with Crippen LogP contribution < -0.4 is 4.72 Å². The van der Waals surface area contributed by atoms with Gasteiger partial charge in [-0.1, -0.05) is 40.3 Å². The van der Waals surface area contributed by atoms with E-state index in [1.54, 1.807) is 0 Å². The van der Waals surface area contributed by atoms with Gasteiger partial charge in [-0.25, -0.2) is 13.1 Å². The third-order valence-electron chi connectivity index (χ3n) is 0.593. The number of nitrogens with one attached hydrogen (secondary N) is 1. The highest BCUT2D eigenvalue weighted by Gasteiger charge is 1.88. The summed E-state index contributed by atoms with van der Waals surface area (Å²) < 4.78 is 21.9. The summed E-state index contributed by atoms with van der Waals surface area (Å²) in [5, 5.41) is 7.81. The zero-order valence-corrected chi connectivity index (χ0v) is 11.4. The molecule has 0 spiro atoms. The summed E-state index contributed by atoms with van der Waals surface area (Å²) in [4.78, 5) is 0. The maximum Gasteiger partial charge on any atom is 0.208 e. The van der Waals surface area contributed by atoms with Gasteiger partial charge in [-0.05, 0) is 13.1 Å². The molecule has 2 N–H and O–H groups in total. The molecular formula is C10H25NO3S. The smallest absolute Gasteiger partial charge is 0.208 e. The molecule has 0 saturated carbocycles. The predicted molar refractivity (Wildman–Crippen MR) is 68.6 cm³/mol. The molecule has 0 aromatic carbocycles. The zero-order valence-electron chi connectivity index (χ0n) is 10.6. The molecule has 0 unspecified atom stereocenters. The van der Waals surface area contributed by atoms with Gasteiger partial charge in [0.25, 0.3) is 0 Å². The average Bonchev–Trinajstić information content (AvgIpc) is 2.25. The fourth-order valence-corrected chi connectivity index (χ4v) is 0.0609. The number of sulfonamides is 1. The Morgan fingerprint density at radius 2 is 1.47 bits per heavy atom. The highest BCUT2D eigenvalue weighted by Crippen LogP contribution is 1.62. The van der Waals surface area contributed by atoms with Crippen LogP contribution in [0.25, 0.3) is 0 Å². The Bertz CT molecular complexity index is 209. The van der Waals surface area contributed by atoms with E-state index in [1.807, 2.05) is 27.7 Å². The van der Waals surface area contributed by atoms with Crippen LogP contribution in [0.2, 0.25) is 0 Å². The Kier molecular flexibility index (Phi) is 36.8. The standard InChI is InChI=1S/C4H6O.C2H7NO2S.2C2H6/c1-2-3-4-5;1-3-6(2,4)5;2*1-2/h2-5H,1H2;3H,1-2H3;2*1-2H3/b4-3+;;;. The number of rotatable bonds is 2. The minimum absolute atomic E-state index is 0.938. The van der Waals surface area contributed by atoms with Crippen molar-refractivity contribution in [3.05, 3.63) is 25.0 Å². The van der Waals surface area contributed by atoms with Crippen LogP contribution in [0.1, 0.15) is 27.7 Å². The van der Waals surface area contributed by atoms with Crippen LogP contribution in [0.3, 0.4) is 0 Å². The molecule has 94 valence electrons. The molecule has 0 amide bonds. The van der Waals surface area contributed by atoms with Gasteiger partial charge in [0.05, 0.1) is 12.5 Å². The largest absolute Gasteiger partial charge is 0.516 e. The lowest BCUT2D eigenvalue weighted by molar-refractivity contribution is 0.474. The molecule has 0 aliphatic rings. The number of hydrogen-bond acceptors (Lipinski definition) is 3. The summed E-state index contributed by atoms with van der Waals surface area (Å²) in [5.74, 6) is 0. The molecule has 0 bridgehead atoms. The van der Waals surface area contributed by atoms with Crippen LogP contribution in [-0.4, -0.2) is 26.8 Å². The first-order valence-electron chi connectivity index (χ1n) is 4.78. The van der Waals surface area contributed by atoms with Crippen LogP contribution in [0, 0.1) is 0 Å². The molecule has 5 heteroatoms. The van der Waals surface area contributed by atoms with Gasteiger partial charge in [-0.15, -0.1) is 0 Å². The van der Waals surface area contributed by atoms with Gasteiger partial charge in [0.2, 0.25) is 10.0 Å². The minimum Gasteiger partial charge on any atom is -0.516 e. The van der Waals surface area contributed by atoms with Gasteiger partial charge in [0.1, 0.15) is 0 Å². The van der Waals surface area contributed by atoms with Crippen molar-refractivity contribution in [1.29, 1.82) is 0 Å². The van der Waals surface area contributed by atoms with E-state index in [2.05, 4.69) is 11.3 Å². The monoisotopic (exact) mass is 239 g/mol. The Morgan fingerprint density at radius 1 is 1.20 bits per heavy atom. The first-order chi connectivity index (χ1) is 6.97. The average molecular weight is 239 g/mol. The molecule has 0 heterocycles. The molecule has 0 aromatic rings. The van der Waals surface area contributed by atoms with Gasteiger partial charge in [0, 0.05) is 0 Å². The summed E-state index contributed by atoms with van der Waals surface area (Å²) in [5.41, 5.74) is 0. The fourth-order valence-electron chi connectivity index (χ4n) is 0.0609. The summed E-state index contributed by atoms with van der Waals surface area (Å²) in [6, 6.07) is 0. The van der Waals surface area contributed by atoms with Crippen molar-refractivity contribution in [3.63, 3.8) is 0 Å². The molecule has 0 rings (SSSR count). The number of allylic oxidation sites excluding steroid dienone is 2. The molecular weight excluding hydrogens is 214 g/mol. The van der Waals surface area contributed by atoms with E-state index in [4.69, 9.17) is 5.11 Å². The summed E-state index contributed by atoms with van der Waals surface area (Å²) in [6.07, 6.45) is 4.99. The van der Waals surface area contributed by atoms with Crippen molar-refractivity contribution in [3.8, 4) is 0 Å². The molecule has 0 saturated heterocycles. The third kappa shape index (κ3) is 94.1. The van der Waals surface area contributed by atoms with Crippen molar-refractivity contribution < 1.29 is 13.5 Å². The van der Waals surface area contributed by atoms with Crippen molar-refractivity contribution in [2.75, 3.05) is 13.3 Å². The van der Waals surface area contributed by atoms with Crippen LogP contribution in [-0.2, 0) is 10.0 Å². The summed E-state index contributed by atoms with van der Waals surface area (Å²) in [6.45, 7) is 11.3. The van der Waals surface area contributed by atoms with Gasteiger partial charge in [-0.3, -0.25) is 0 Å². The van der Waals surface area contributed by atoms with Crippen LogP contribution in [0.5, 0.6) is 0 Å². The van der Waals surface area contributed by atoms with E-state index in [0.717, 1.165) is 12.5 Å². The van der Waals surface area contributed by atoms with E-state index in [0.29, 0.717) is 0 Å². The van der Waals surface area contributed by atoms with Gasteiger partial charge in [0.15, 0.2) is 0 Å². The first-order valence-corrected chi connectivity index (χ1v) is 6.67. The zero-order chi connectivity index (χ0) is 13.3. The van der Waals surface area contributed by atoms with E-state index in [9.17, 15) is 8.42 Å². The lowest BCUT2D eigenvalue weighted by Gasteiger charge is -1.85. The normalized spacial score (nSPS) is 8.40. The summed E-state index contributed by atoms with van der Waals surface area (Å²) in [7, 11) is -1.54. The molecule has 0 aliphatic carbocycles. The predicted octanol–water partition coefficient (Wildman–Crippen LogP) is 2.46. The lowest BCUT2D eigenvalue weighted by Crippen LogP contribution is -2.15. The number of aliphatic hydroxyl groups is 1. The van der Waals surface area contributed by atoms with Gasteiger partial charge in [-0.2, -0.15) is 0 Å².